The van der Waals surface area contributed by atoms with E-state index in [4.69, 9.17) is 11.6 Å². The third-order valence-corrected chi connectivity index (χ3v) is 4.75. The number of benzene rings is 2. The molecule has 6 heteroatoms. The summed E-state index contributed by atoms with van der Waals surface area (Å²) in [5, 5.41) is 39.9. The van der Waals surface area contributed by atoms with Crippen molar-refractivity contribution in [2.45, 2.75) is 11.8 Å². The van der Waals surface area contributed by atoms with Crippen molar-refractivity contribution in [2.75, 3.05) is 20.1 Å². The van der Waals surface area contributed by atoms with Crippen LogP contribution in [0.3, 0.4) is 0 Å². The lowest BCUT2D eigenvalue weighted by Gasteiger charge is -2.22. The smallest absolute Gasteiger partial charge is 0.157 e. The van der Waals surface area contributed by atoms with Crippen molar-refractivity contribution in [3.63, 3.8) is 0 Å². The highest BCUT2D eigenvalue weighted by Gasteiger charge is 2.37. The van der Waals surface area contributed by atoms with Gasteiger partial charge in [0, 0.05) is 30.5 Å². The van der Waals surface area contributed by atoms with Crippen LogP contribution in [0.1, 0.15) is 23.0 Å². The minimum Gasteiger partial charge on any atom is -0.508 e. The number of likely N-dealkylation sites (tertiary alicyclic amines) is 1. The molecule has 0 aromatic heterocycles. The summed E-state index contributed by atoms with van der Waals surface area (Å²) in [6.07, 6.45) is 0. The van der Waals surface area contributed by atoms with E-state index in [0.29, 0.717) is 18.7 Å². The second-order valence-corrected chi connectivity index (χ2v) is 6.42. The van der Waals surface area contributed by atoms with Crippen LogP contribution in [0.4, 0.5) is 0 Å². The van der Waals surface area contributed by atoms with Gasteiger partial charge in [0.1, 0.15) is 11.5 Å². The number of phenolic OH excluding ortho intramolecular Hbond substituents is 4. The summed E-state index contributed by atoms with van der Waals surface area (Å²) in [6, 6.07) is 7.63. The summed E-state index contributed by atoms with van der Waals surface area (Å²) in [5.41, 5.74) is 1.24. The van der Waals surface area contributed by atoms with Gasteiger partial charge in [-0.05, 0) is 36.9 Å². The number of halogens is 1. The molecule has 2 aromatic carbocycles. The van der Waals surface area contributed by atoms with Crippen LogP contribution in [0.25, 0.3) is 0 Å². The molecule has 0 amide bonds. The number of nitrogens with zero attached hydrogens (tertiary/aromatic N) is 1. The van der Waals surface area contributed by atoms with Gasteiger partial charge < -0.3 is 25.3 Å². The minimum atomic E-state index is -0.185. The number of rotatable bonds is 2. The number of likely N-dealkylation sites (N-methyl/N-ethyl adjacent to an activating group) is 1. The molecule has 1 aliphatic rings. The largest absolute Gasteiger partial charge is 0.508 e. The summed E-state index contributed by atoms with van der Waals surface area (Å²) in [5.74, 6) is -0.704. The average Bonchev–Trinajstić information content (AvgIpc) is 2.88. The van der Waals surface area contributed by atoms with Gasteiger partial charge in [0.2, 0.25) is 0 Å². The van der Waals surface area contributed by atoms with Gasteiger partial charge in [-0.3, -0.25) is 0 Å². The second-order valence-electron chi connectivity index (χ2n) is 6.01. The second kappa shape index (κ2) is 5.83. The van der Waals surface area contributed by atoms with Crippen molar-refractivity contribution in [2.24, 2.45) is 0 Å². The number of hydrogen-bond donors (Lipinski definition) is 4. The molecule has 3 rings (SSSR count). The maximum Gasteiger partial charge on any atom is 0.157 e. The number of hydrogen-bond acceptors (Lipinski definition) is 5. The van der Waals surface area contributed by atoms with E-state index in [2.05, 4.69) is 4.90 Å². The molecule has 23 heavy (non-hydrogen) atoms. The van der Waals surface area contributed by atoms with Crippen molar-refractivity contribution in [1.82, 2.24) is 4.90 Å². The van der Waals surface area contributed by atoms with E-state index in [-0.39, 0.29) is 39.9 Å². The van der Waals surface area contributed by atoms with Crippen LogP contribution in [-0.2, 0) is 0 Å². The quantitative estimate of drug-likeness (QED) is 0.634. The van der Waals surface area contributed by atoms with E-state index >= 15 is 0 Å². The van der Waals surface area contributed by atoms with E-state index in [1.54, 1.807) is 6.07 Å². The number of phenols is 4. The normalized spacial score (nSPS) is 21.7. The van der Waals surface area contributed by atoms with Crippen LogP contribution >= 0.6 is 11.6 Å². The topological polar surface area (TPSA) is 84.2 Å². The first-order chi connectivity index (χ1) is 10.9. The molecular formula is C17H18ClNO4. The standard InChI is InChI=1S/C17H18ClNO4/c1-19-7-10(9-2-4-13(20)15(22)6-9)11(8-19)16-14(21)5-3-12(18)17(16)23/h2-6,10-11,20-23H,7-8H2,1H3/t10-,11+/m0/s1. The van der Waals surface area contributed by atoms with Gasteiger partial charge in [-0.25, -0.2) is 0 Å². The first kappa shape index (κ1) is 15.8. The molecule has 2 aromatic rings. The lowest BCUT2D eigenvalue weighted by atomic mass is 9.83. The molecule has 1 saturated heterocycles. The molecule has 0 aliphatic carbocycles. The maximum absolute atomic E-state index is 10.3. The molecule has 4 N–H and O–H groups in total. The van der Waals surface area contributed by atoms with Crippen LogP contribution < -0.4 is 0 Å². The fourth-order valence-electron chi connectivity index (χ4n) is 3.34. The first-order valence-electron chi connectivity index (χ1n) is 7.29. The zero-order valence-electron chi connectivity index (χ0n) is 12.6. The van der Waals surface area contributed by atoms with Gasteiger partial charge in [0.05, 0.1) is 5.02 Å². The van der Waals surface area contributed by atoms with Crippen molar-refractivity contribution < 1.29 is 20.4 Å². The third kappa shape index (κ3) is 2.78. The molecule has 2 atom stereocenters. The summed E-state index contributed by atoms with van der Waals surface area (Å²) < 4.78 is 0. The fourth-order valence-corrected chi connectivity index (χ4v) is 3.50. The Hall–Kier alpha value is -2.11. The molecule has 1 fully saturated rings. The van der Waals surface area contributed by atoms with E-state index in [0.717, 1.165) is 5.56 Å². The molecule has 122 valence electrons. The highest BCUT2D eigenvalue weighted by molar-refractivity contribution is 6.32. The molecule has 1 aliphatic heterocycles. The van der Waals surface area contributed by atoms with Crippen molar-refractivity contribution in [1.29, 1.82) is 0 Å². The first-order valence-corrected chi connectivity index (χ1v) is 7.67. The summed E-state index contributed by atoms with van der Waals surface area (Å²) >= 11 is 5.99. The average molecular weight is 336 g/mol. The number of aromatic hydroxyl groups is 4. The molecule has 0 unspecified atom stereocenters. The van der Waals surface area contributed by atoms with Gasteiger partial charge >= 0.3 is 0 Å². The van der Waals surface area contributed by atoms with Gasteiger partial charge in [-0.1, -0.05) is 17.7 Å². The summed E-state index contributed by atoms with van der Waals surface area (Å²) in [4.78, 5) is 2.08. The van der Waals surface area contributed by atoms with Crippen LogP contribution in [0.5, 0.6) is 23.0 Å². The predicted octanol–water partition coefficient (Wildman–Crippen LogP) is 2.98. The van der Waals surface area contributed by atoms with Gasteiger partial charge in [-0.2, -0.15) is 0 Å². The Morgan fingerprint density at radius 3 is 2.26 bits per heavy atom. The van der Waals surface area contributed by atoms with Crippen LogP contribution in [-0.4, -0.2) is 45.5 Å². The zero-order chi connectivity index (χ0) is 16.7. The molecule has 5 nitrogen and oxygen atoms in total. The molecule has 0 bridgehead atoms. The van der Waals surface area contributed by atoms with Crippen molar-refractivity contribution in [3.8, 4) is 23.0 Å². The Bertz CT molecular complexity index is 750. The zero-order valence-corrected chi connectivity index (χ0v) is 13.3. The van der Waals surface area contributed by atoms with Crippen molar-refractivity contribution in [3.05, 3.63) is 46.5 Å². The van der Waals surface area contributed by atoms with Gasteiger partial charge in [0.15, 0.2) is 11.5 Å². The van der Waals surface area contributed by atoms with Crippen LogP contribution in [0.2, 0.25) is 5.02 Å². The van der Waals surface area contributed by atoms with Gasteiger partial charge in [0.25, 0.3) is 0 Å². The SMILES string of the molecule is CN1C[C@@H](c2ccc(O)c(O)c2)[C@H](c2c(O)ccc(Cl)c2O)C1. The van der Waals surface area contributed by atoms with E-state index < -0.39 is 0 Å². The lowest BCUT2D eigenvalue weighted by Crippen LogP contribution is -2.13. The van der Waals surface area contributed by atoms with E-state index in [1.807, 2.05) is 7.05 Å². The summed E-state index contributed by atoms with van der Waals surface area (Å²) in [7, 11) is 1.95. The molecule has 0 saturated carbocycles. The molecule has 0 radical (unpaired) electrons. The minimum absolute atomic E-state index is 0.000185. The Morgan fingerprint density at radius 2 is 1.57 bits per heavy atom. The highest BCUT2D eigenvalue weighted by Crippen LogP contribution is 2.48. The third-order valence-electron chi connectivity index (χ3n) is 4.45. The Balaban J connectivity index is 2.07. The van der Waals surface area contributed by atoms with E-state index in [9.17, 15) is 20.4 Å². The Labute approximate surface area is 139 Å². The van der Waals surface area contributed by atoms with Crippen molar-refractivity contribution >= 4 is 11.6 Å². The Kier molecular flexibility index (Phi) is 4.00. The van der Waals surface area contributed by atoms with Crippen LogP contribution in [0, 0.1) is 0 Å². The lowest BCUT2D eigenvalue weighted by molar-refractivity contribution is 0.398. The van der Waals surface area contributed by atoms with Gasteiger partial charge in [-0.15, -0.1) is 0 Å². The fraction of sp³-hybridized carbons (Fsp3) is 0.294. The van der Waals surface area contributed by atoms with E-state index in [1.165, 1.54) is 24.3 Å². The highest BCUT2D eigenvalue weighted by atomic mass is 35.5. The predicted molar refractivity (Wildman–Crippen MR) is 87.5 cm³/mol. The van der Waals surface area contributed by atoms with Crippen LogP contribution in [0.15, 0.2) is 30.3 Å². The Morgan fingerprint density at radius 1 is 0.913 bits per heavy atom. The monoisotopic (exact) mass is 335 g/mol. The maximum atomic E-state index is 10.3. The summed E-state index contributed by atoms with van der Waals surface area (Å²) in [6.45, 7) is 1.33. The molecule has 0 spiro atoms. The molecular weight excluding hydrogens is 318 g/mol. The molecule has 1 heterocycles.